The molecule has 0 aromatic carbocycles. The second-order valence-electron chi connectivity index (χ2n) is 4.69. The zero-order valence-corrected chi connectivity index (χ0v) is 8.79. The van der Waals surface area contributed by atoms with Crippen LogP contribution >= 0.6 is 0 Å². The maximum Gasteiger partial charge on any atom is 0.220 e. The third-order valence-corrected chi connectivity index (χ3v) is 4.03. The van der Waals surface area contributed by atoms with Gasteiger partial charge in [-0.2, -0.15) is 0 Å². The second kappa shape index (κ2) is 2.71. The molecule has 0 saturated carbocycles. The molecule has 0 radical (unpaired) electrons. The first-order valence-electron chi connectivity index (χ1n) is 5.18. The lowest BCUT2D eigenvalue weighted by Gasteiger charge is -2.40. The number of nitrogens with zero attached hydrogens (tertiary/aromatic N) is 2. The lowest BCUT2D eigenvalue weighted by atomic mass is 10.2. The molecular weight excluding hydrogens is 164 g/mol. The van der Waals surface area contributed by atoms with Crippen molar-refractivity contribution in [3.8, 4) is 0 Å². The van der Waals surface area contributed by atoms with Crippen molar-refractivity contribution in [3.63, 3.8) is 0 Å². The lowest BCUT2D eigenvalue weighted by molar-refractivity contribution is -0.923. The van der Waals surface area contributed by atoms with Crippen LogP contribution in [-0.4, -0.2) is 54.1 Å². The van der Waals surface area contributed by atoms with E-state index in [2.05, 4.69) is 18.9 Å². The Hall–Kier alpha value is -0.570. The van der Waals surface area contributed by atoms with Gasteiger partial charge in [-0.1, -0.05) is 0 Å². The third kappa shape index (κ3) is 1.17. The van der Waals surface area contributed by atoms with E-state index in [1.54, 1.807) is 6.92 Å². The lowest BCUT2D eigenvalue weighted by Crippen LogP contribution is -2.58. The van der Waals surface area contributed by atoms with Gasteiger partial charge in [0.25, 0.3) is 0 Å². The molecule has 2 rings (SSSR count). The Morgan fingerprint density at radius 3 is 2.69 bits per heavy atom. The molecule has 0 N–H and O–H groups in total. The van der Waals surface area contributed by atoms with Crippen LogP contribution in [0.2, 0.25) is 0 Å². The van der Waals surface area contributed by atoms with Crippen LogP contribution in [0, 0.1) is 0 Å². The fourth-order valence-corrected chi connectivity index (χ4v) is 2.92. The highest BCUT2D eigenvalue weighted by Crippen LogP contribution is 2.35. The first kappa shape index (κ1) is 9.00. The summed E-state index contributed by atoms with van der Waals surface area (Å²) in [5, 5.41) is 0. The topological polar surface area (TPSA) is 20.3 Å². The molecule has 0 aliphatic carbocycles. The molecule has 0 aromatic rings. The minimum atomic E-state index is 0.259. The number of amides is 1. The molecule has 0 aromatic heterocycles. The van der Waals surface area contributed by atoms with Crippen molar-refractivity contribution in [2.24, 2.45) is 0 Å². The highest BCUT2D eigenvalue weighted by atomic mass is 16.2. The van der Waals surface area contributed by atoms with Crippen LogP contribution in [0.4, 0.5) is 0 Å². The molecule has 13 heavy (non-hydrogen) atoms. The molecule has 2 heterocycles. The average molecular weight is 183 g/mol. The number of likely N-dealkylation sites (tertiary alicyclic amines) is 2. The summed E-state index contributed by atoms with van der Waals surface area (Å²) in [4.78, 5) is 13.3. The van der Waals surface area contributed by atoms with Gasteiger partial charge in [0.1, 0.15) is 6.04 Å². The van der Waals surface area contributed by atoms with Crippen LogP contribution in [-0.2, 0) is 4.79 Å². The SMILES string of the molecule is CC[N+]1(C)CC2CC1CN2C(C)=O. The Morgan fingerprint density at radius 2 is 2.31 bits per heavy atom. The van der Waals surface area contributed by atoms with Gasteiger partial charge in [0.15, 0.2) is 0 Å². The standard InChI is InChI=1S/C10H19N2O/c1-4-12(3)7-9-5-10(12)6-11(9)8(2)13/h9-10H,4-7H2,1-3H3/q+1. The van der Waals surface area contributed by atoms with Gasteiger partial charge in [-0.15, -0.1) is 0 Å². The summed E-state index contributed by atoms with van der Waals surface area (Å²) in [5.41, 5.74) is 0. The first-order chi connectivity index (χ1) is 6.07. The molecule has 3 nitrogen and oxygen atoms in total. The van der Waals surface area contributed by atoms with Crippen LogP contribution < -0.4 is 0 Å². The van der Waals surface area contributed by atoms with Crippen LogP contribution in [0.1, 0.15) is 20.3 Å². The number of rotatable bonds is 1. The molecule has 3 atom stereocenters. The van der Waals surface area contributed by atoms with Gasteiger partial charge >= 0.3 is 0 Å². The Balaban J connectivity index is 2.11. The van der Waals surface area contributed by atoms with E-state index in [9.17, 15) is 4.79 Å². The van der Waals surface area contributed by atoms with Gasteiger partial charge in [0.05, 0.1) is 32.7 Å². The fourth-order valence-electron chi connectivity index (χ4n) is 2.92. The van der Waals surface area contributed by atoms with Crippen molar-refractivity contribution < 1.29 is 9.28 Å². The van der Waals surface area contributed by atoms with E-state index in [1.807, 2.05) is 0 Å². The predicted octanol–water partition coefficient (Wildman–Crippen LogP) is 0.456. The number of likely N-dealkylation sites (N-methyl/N-ethyl adjacent to an activating group) is 1. The largest absolute Gasteiger partial charge is 0.328 e. The number of carbonyl (C=O) groups excluding carboxylic acids is 1. The Kier molecular flexibility index (Phi) is 1.88. The van der Waals surface area contributed by atoms with Gasteiger partial charge in [-0.25, -0.2) is 0 Å². The zero-order chi connectivity index (χ0) is 9.64. The molecule has 2 aliphatic heterocycles. The molecule has 0 spiro atoms. The summed E-state index contributed by atoms with van der Waals surface area (Å²) in [7, 11) is 2.32. The number of carbonyl (C=O) groups is 1. The Morgan fingerprint density at radius 1 is 1.62 bits per heavy atom. The average Bonchev–Trinajstić information content (AvgIpc) is 2.60. The van der Waals surface area contributed by atoms with E-state index in [-0.39, 0.29) is 5.91 Å². The van der Waals surface area contributed by atoms with Gasteiger partial charge in [0, 0.05) is 13.3 Å². The van der Waals surface area contributed by atoms with E-state index in [1.165, 1.54) is 24.0 Å². The number of piperazine rings is 1. The van der Waals surface area contributed by atoms with Crippen molar-refractivity contribution in [1.82, 2.24) is 4.90 Å². The molecular formula is C10H19N2O+. The summed E-state index contributed by atoms with van der Waals surface area (Å²) in [6.45, 7) is 7.30. The Labute approximate surface area is 79.9 Å². The van der Waals surface area contributed by atoms with E-state index >= 15 is 0 Å². The summed E-state index contributed by atoms with van der Waals surface area (Å²) in [6, 6.07) is 1.24. The molecule has 2 saturated heterocycles. The van der Waals surface area contributed by atoms with Crippen molar-refractivity contribution in [2.75, 3.05) is 26.7 Å². The van der Waals surface area contributed by atoms with E-state index in [4.69, 9.17) is 0 Å². The third-order valence-electron chi connectivity index (χ3n) is 4.03. The van der Waals surface area contributed by atoms with Gasteiger partial charge in [-0.05, 0) is 6.92 Å². The van der Waals surface area contributed by atoms with Crippen LogP contribution in [0.25, 0.3) is 0 Å². The quantitative estimate of drug-likeness (QED) is 0.541. The highest BCUT2D eigenvalue weighted by Gasteiger charge is 2.52. The normalized spacial score (nSPS) is 42.8. The van der Waals surface area contributed by atoms with Gasteiger partial charge < -0.3 is 9.38 Å². The smallest absolute Gasteiger partial charge is 0.220 e. The predicted molar refractivity (Wildman–Crippen MR) is 51.2 cm³/mol. The maximum absolute atomic E-state index is 11.3. The summed E-state index contributed by atoms with van der Waals surface area (Å²) in [6.07, 6.45) is 1.23. The van der Waals surface area contributed by atoms with Crippen LogP contribution in [0.15, 0.2) is 0 Å². The molecule has 2 fully saturated rings. The Bertz CT molecular complexity index is 241. The summed E-state index contributed by atoms with van der Waals surface area (Å²) >= 11 is 0. The summed E-state index contributed by atoms with van der Waals surface area (Å²) < 4.78 is 1.18. The second-order valence-corrected chi connectivity index (χ2v) is 4.69. The van der Waals surface area contributed by atoms with Crippen molar-refractivity contribution >= 4 is 5.91 Å². The van der Waals surface area contributed by atoms with Crippen LogP contribution in [0.5, 0.6) is 0 Å². The molecule has 2 aliphatic rings. The number of quaternary nitrogens is 1. The maximum atomic E-state index is 11.3. The molecule has 2 bridgehead atoms. The van der Waals surface area contributed by atoms with Gasteiger partial charge in [0.2, 0.25) is 5.91 Å². The number of hydrogen-bond donors (Lipinski definition) is 0. The van der Waals surface area contributed by atoms with Crippen molar-refractivity contribution in [3.05, 3.63) is 0 Å². The first-order valence-corrected chi connectivity index (χ1v) is 5.18. The zero-order valence-electron chi connectivity index (χ0n) is 8.79. The molecule has 3 unspecified atom stereocenters. The van der Waals surface area contributed by atoms with E-state index in [0.717, 1.165) is 6.54 Å². The fraction of sp³-hybridized carbons (Fsp3) is 0.900. The van der Waals surface area contributed by atoms with Crippen molar-refractivity contribution in [1.29, 1.82) is 0 Å². The van der Waals surface area contributed by atoms with E-state index in [0.29, 0.717) is 12.1 Å². The molecule has 1 amide bonds. The molecule has 3 heteroatoms. The summed E-state index contributed by atoms with van der Waals surface area (Å²) in [5.74, 6) is 0.259. The number of hydrogen-bond acceptors (Lipinski definition) is 1. The van der Waals surface area contributed by atoms with Gasteiger partial charge in [-0.3, -0.25) is 4.79 Å². The highest BCUT2D eigenvalue weighted by molar-refractivity contribution is 5.74. The monoisotopic (exact) mass is 183 g/mol. The minimum absolute atomic E-state index is 0.259. The van der Waals surface area contributed by atoms with Crippen molar-refractivity contribution in [2.45, 2.75) is 32.4 Å². The number of fused-ring (bicyclic) bond motifs is 2. The van der Waals surface area contributed by atoms with E-state index < -0.39 is 0 Å². The van der Waals surface area contributed by atoms with Crippen LogP contribution in [0.3, 0.4) is 0 Å². The molecule has 74 valence electrons. The minimum Gasteiger partial charge on any atom is -0.328 e.